The Bertz CT molecular complexity index is 741. The largest absolute Gasteiger partial charge is 0.345 e. The first-order valence-electron chi connectivity index (χ1n) is 7.01. The number of rotatable bonds is 3. The molecule has 3 rings (SSSR count). The van der Waals surface area contributed by atoms with E-state index < -0.39 is 0 Å². The Balaban J connectivity index is 1.75. The number of hydrogen-bond acceptors (Lipinski definition) is 3. The zero-order chi connectivity index (χ0) is 15.7. The quantitative estimate of drug-likeness (QED) is 0.850. The summed E-state index contributed by atoms with van der Waals surface area (Å²) >= 11 is 4.79. The molecule has 0 unspecified atom stereocenters. The van der Waals surface area contributed by atoms with Crippen molar-refractivity contribution in [1.29, 1.82) is 0 Å². The van der Waals surface area contributed by atoms with E-state index in [2.05, 4.69) is 32.6 Å². The fraction of sp³-hybridized carbons (Fsp3) is 0.250. The smallest absolute Gasteiger partial charge is 0.262 e. The standard InChI is InChI=1S/C16H15BrN2O2S/c1-9(18-16(21)15-12(17)6-7-22-15)10-2-4-13-11(8-10)3-5-14(20)19-13/h2,4,6-9H,3,5H2,1H3,(H,18,21)(H,19,20)/t9-/m1/s1. The molecular formula is C16H15BrN2O2S. The molecule has 2 aromatic rings. The fourth-order valence-corrected chi connectivity index (χ4v) is 3.93. The van der Waals surface area contributed by atoms with Gasteiger partial charge in [0.05, 0.1) is 6.04 Å². The maximum absolute atomic E-state index is 12.3. The average molecular weight is 379 g/mol. The van der Waals surface area contributed by atoms with Gasteiger partial charge < -0.3 is 10.6 Å². The molecule has 1 aromatic carbocycles. The summed E-state index contributed by atoms with van der Waals surface area (Å²) in [6, 6.07) is 7.68. The molecule has 0 aliphatic carbocycles. The van der Waals surface area contributed by atoms with Gasteiger partial charge in [0.2, 0.25) is 5.91 Å². The number of thiophene rings is 1. The molecular weight excluding hydrogens is 364 g/mol. The van der Waals surface area contributed by atoms with Crippen molar-refractivity contribution in [3.63, 3.8) is 0 Å². The molecule has 22 heavy (non-hydrogen) atoms. The first-order valence-corrected chi connectivity index (χ1v) is 8.68. The van der Waals surface area contributed by atoms with Crippen LogP contribution in [0, 0.1) is 0 Å². The highest BCUT2D eigenvalue weighted by Gasteiger charge is 2.18. The third-order valence-corrected chi connectivity index (χ3v) is 5.53. The van der Waals surface area contributed by atoms with Gasteiger partial charge in [-0.05, 0) is 57.9 Å². The van der Waals surface area contributed by atoms with Crippen molar-refractivity contribution in [3.05, 3.63) is 50.1 Å². The maximum atomic E-state index is 12.3. The lowest BCUT2D eigenvalue weighted by Gasteiger charge is -2.20. The Labute approximate surface area is 141 Å². The van der Waals surface area contributed by atoms with E-state index in [0.29, 0.717) is 11.3 Å². The molecule has 114 valence electrons. The molecule has 2 amide bonds. The van der Waals surface area contributed by atoms with Crippen LogP contribution in [0.3, 0.4) is 0 Å². The highest BCUT2D eigenvalue weighted by atomic mass is 79.9. The summed E-state index contributed by atoms with van der Waals surface area (Å²) in [5.41, 5.74) is 3.03. The molecule has 0 spiro atoms. The van der Waals surface area contributed by atoms with Crippen molar-refractivity contribution in [2.75, 3.05) is 5.32 Å². The van der Waals surface area contributed by atoms with Crippen LogP contribution in [-0.4, -0.2) is 11.8 Å². The van der Waals surface area contributed by atoms with Gasteiger partial charge in [-0.3, -0.25) is 9.59 Å². The summed E-state index contributed by atoms with van der Waals surface area (Å²) in [7, 11) is 0. The Morgan fingerprint density at radius 2 is 2.18 bits per heavy atom. The van der Waals surface area contributed by atoms with Gasteiger partial charge in [-0.2, -0.15) is 0 Å². The molecule has 1 aliphatic heterocycles. The van der Waals surface area contributed by atoms with Gasteiger partial charge in [0.1, 0.15) is 4.88 Å². The van der Waals surface area contributed by atoms with Gasteiger partial charge >= 0.3 is 0 Å². The van der Waals surface area contributed by atoms with Crippen LogP contribution in [0.2, 0.25) is 0 Å². The third-order valence-electron chi connectivity index (χ3n) is 3.70. The number of benzene rings is 1. The SMILES string of the molecule is C[C@@H](NC(=O)c1sccc1Br)c1ccc2c(c1)CCC(=O)N2. The van der Waals surface area contributed by atoms with Crippen molar-refractivity contribution in [1.82, 2.24) is 5.32 Å². The average Bonchev–Trinajstić information content (AvgIpc) is 2.92. The number of hydrogen-bond donors (Lipinski definition) is 2. The van der Waals surface area contributed by atoms with E-state index in [1.807, 2.05) is 30.5 Å². The molecule has 4 nitrogen and oxygen atoms in total. The van der Waals surface area contributed by atoms with Crippen LogP contribution in [0.4, 0.5) is 5.69 Å². The van der Waals surface area contributed by atoms with E-state index in [9.17, 15) is 9.59 Å². The number of fused-ring (bicyclic) bond motifs is 1. The summed E-state index contributed by atoms with van der Waals surface area (Å²) in [4.78, 5) is 24.3. The van der Waals surface area contributed by atoms with Gasteiger partial charge in [-0.1, -0.05) is 12.1 Å². The van der Waals surface area contributed by atoms with Crippen LogP contribution in [0.25, 0.3) is 0 Å². The second kappa shape index (κ2) is 6.22. The van der Waals surface area contributed by atoms with Gasteiger partial charge in [-0.15, -0.1) is 11.3 Å². The van der Waals surface area contributed by atoms with Crippen LogP contribution >= 0.6 is 27.3 Å². The van der Waals surface area contributed by atoms with Crippen LogP contribution in [0.15, 0.2) is 34.1 Å². The lowest BCUT2D eigenvalue weighted by molar-refractivity contribution is -0.116. The van der Waals surface area contributed by atoms with Crippen molar-refractivity contribution in [2.24, 2.45) is 0 Å². The normalized spacial score (nSPS) is 14.9. The molecule has 1 atom stereocenters. The van der Waals surface area contributed by atoms with Gasteiger partial charge in [-0.25, -0.2) is 0 Å². The minimum absolute atomic E-state index is 0.0594. The maximum Gasteiger partial charge on any atom is 0.262 e. The molecule has 1 aromatic heterocycles. The van der Waals surface area contributed by atoms with E-state index >= 15 is 0 Å². The molecule has 0 fully saturated rings. The van der Waals surface area contributed by atoms with E-state index in [-0.39, 0.29) is 17.9 Å². The molecule has 0 bridgehead atoms. The zero-order valence-corrected chi connectivity index (χ0v) is 14.4. The summed E-state index contributed by atoms with van der Waals surface area (Å²) in [5.74, 6) is -0.0236. The molecule has 2 N–H and O–H groups in total. The predicted molar refractivity (Wildman–Crippen MR) is 91.3 cm³/mol. The number of carbonyl (C=O) groups excluding carboxylic acids is 2. The highest BCUT2D eigenvalue weighted by molar-refractivity contribution is 9.10. The Morgan fingerprint density at radius 3 is 2.91 bits per heavy atom. The molecule has 0 saturated carbocycles. The number of anilines is 1. The van der Waals surface area contributed by atoms with Crippen LogP contribution < -0.4 is 10.6 Å². The van der Waals surface area contributed by atoms with Crippen molar-refractivity contribution in [3.8, 4) is 0 Å². The van der Waals surface area contributed by atoms with Gasteiger partial charge in [0.25, 0.3) is 5.91 Å². The third kappa shape index (κ3) is 3.08. The lowest BCUT2D eigenvalue weighted by atomic mass is 9.98. The molecule has 2 heterocycles. The molecule has 6 heteroatoms. The second-order valence-electron chi connectivity index (χ2n) is 5.26. The summed E-state index contributed by atoms with van der Waals surface area (Å²) in [6.45, 7) is 1.96. The fourth-order valence-electron chi connectivity index (χ4n) is 2.47. The summed E-state index contributed by atoms with van der Waals surface area (Å²) in [5, 5.41) is 7.76. The van der Waals surface area contributed by atoms with Crippen LogP contribution in [0.1, 0.15) is 40.2 Å². The second-order valence-corrected chi connectivity index (χ2v) is 7.03. The number of halogens is 1. The number of carbonyl (C=O) groups is 2. The van der Waals surface area contributed by atoms with E-state index in [1.165, 1.54) is 11.3 Å². The predicted octanol–water partition coefficient (Wildman–Crippen LogP) is 3.89. The van der Waals surface area contributed by atoms with Crippen molar-refractivity contribution < 1.29 is 9.59 Å². The monoisotopic (exact) mass is 378 g/mol. The molecule has 1 aliphatic rings. The number of nitrogens with one attached hydrogen (secondary N) is 2. The number of amides is 2. The van der Waals surface area contributed by atoms with Crippen LogP contribution in [-0.2, 0) is 11.2 Å². The Hall–Kier alpha value is -1.66. The minimum atomic E-state index is -0.0931. The van der Waals surface area contributed by atoms with Crippen LogP contribution in [0.5, 0.6) is 0 Å². The Kier molecular flexibility index (Phi) is 4.31. The van der Waals surface area contributed by atoms with Gasteiger partial charge in [0, 0.05) is 16.6 Å². The van der Waals surface area contributed by atoms with E-state index in [1.54, 1.807) is 0 Å². The van der Waals surface area contributed by atoms with Gasteiger partial charge in [0.15, 0.2) is 0 Å². The molecule has 0 radical (unpaired) electrons. The van der Waals surface area contributed by atoms with Crippen molar-refractivity contribution >= 4 is 44.8 Å². The first kappa shape index (κ1) is 15.2. The zero-order valence-electron chi connectivity index (χ0n) is 12.0. The van der Waals surface area contributed by atoms with Crippen molar-refractivity contribution in [2.45, 2.75) is 25.8 Å². The summed E-state index contributed by atoms with van der Waals surface area (Å²) < 4.78 is 0.815. The van der Waals surface area contributed by atoms with E-state index in [0.717, 1.165) is 27.7 Å². The lowest BCUT2D eigenvalue weighted by Crippen LogP contribution is -2.26. The number of aryl methyl sites for hydroxylation is 1. The topological polar surface area (TPSA) is 58.2 Å². The first-order chi connectivity index (χ1) is 10.5. The minimum Gasteiger partial charge on any atom is -0.345 e. The highest BCUT2D eigenvalue weighted by Crippen LogP contribution is 2.27. The Morgan fingerprint density at radius 1 is 1.36 bits per heavy atom. The van der Waals surface area contributed by atoms with E-state index in [4.69, 9.17) is 0 Å². The summed E-state index contributed by atoms with van der Waals surface area (Å²) in [6.07, 6.45) is 1.26. The molecule has 0 saturated heterocycles.